The molecule has 0 radical (unpaired) electrons. The van der Waals surface area contributed by atoms with E-state index in [0.717, 1.165) is 0 Å². The Morgan fingerprint density at radius 2 is 2.22 bits per heavy atom. The molecule has 27 heavy (non-hydrogen) atoms. The molecule has 0 amide bonds. The number of imidazole rings is 1. The molecule has 4 rings (SSSR count). The largest absolute Gasteiger partial charge is 0.377 e. The van der Waals surface area contributed by atoms with Crippen LogP contribution in [-0.4, -0.2) is 46.8 Å². The monoisotopic (exact) mass is 436 g/mol. The van der Waals surface area contributed by atoms with Crippen molar-refractivity contribution in [3.05, 3.63) is 28.5 Å². The van der Waals surface area contributed by atoms with E-state index in [1.807, 2.05) is 0 Å². The average molecular weight is 437 g/mol. The van der Waals surface area contributed by atoms with E-state index < -0.39 is 27.0 Å². The third-order valence-electron chi connectivity index (χ3n) is 3.84. The Kier molecular flexibility index (Phi) is 4.13. The molecular weight excluding hydrogens is 424 g/mol. The van der Waals surface area contributed by atoms with Crippen LogP contribution in [0.15, 0.2) is 23.3 Å². The second kappa shape index (κ2) is 6.41. The van der Waals surface area contributed by atoms with Gasteiger partial charge in [0.2, 0.25) is 10.0 Å². The standard InChI is InChI=1S/C14H12ClF2N5O3S2/c1-14(5-25-6-14)21-27(23,24)7-2-8(15)9-3-18-11(22(9)4-7)13-20-19-12(26-13)10(16)17/h2-4,10,21H,5-6H2,1H3/i3D. The van der Waals surface area contributed by atoms with Crippen molar-refractivity contribution in [3.8, 4) is 10.8 Å². The molecule has 3 aromatic rings. The zero-order chi connectivity index (χ0) is 20.3. The maximum absolute atomic E-state index is 12.8. The van der Waals surface area contributed by atoms with Crippen LogP contribution < -0.4 is 4.72 Å². The summed E-state index contributed by atoms with van der Waals surface area (Å²) in [5, 5.41) is 6.55. The summed E-state index contributed by atoms with van der Waals surface area (Å²) in [7, 11) is -3.97. The minimum Gasteiger partial charge on any atom is -0.377 e. The average Bonchev–Trinajstić information content (AvgIpc) is 3.18. The first-order valence-corrected chi connectivity index (χ1v) is 10.2. The fourth-order valence-electron chi connectivity index (χ4n) is 2.53. The van der Waals surface area contributed by atoms with Crippen LogP contribution in [-0.2, 0) is 14.8 Å². The molecule has 4 heterocycles. The summed E-state index contributed by atoms with van der Waals surface area (Å²) in [5.41, 5.74) is -0.605. The van der Waals surface area contributed by atoms with Crippen molar-refractivity contribution in [1.29, 1.82) is 0 Å². The summed E-state index contributed by atoms with van der Waals surface area (Å²) in [6.07, 6.45) is -1.83. The maximum atomic E-state index is 12.8. The summed E-state index contributed by atoms with van der Waals surface area (Å²) < 4.78 is 68.0. The van der Waals surface area contributed by atoms with Crippen LogP contribution in [0.5, 0.6) is 0 Å². The number of hydrogen-bond acceptors (Lipinski definition) is 7. The molecule has 1 aliphatic rings. The first kappa shape index (κ1) is 17.4. The molecule has 1 saturated heterocycles. The van der Waals surface area contributed by atoms with E-state index >= 15 is 0 Å². The van der Waals surface area contributed by atoms with Crippen molar-refractivity contribution in [2.45, 2.75) is 23.8 Å². The summed E-state index contributed by atoms with van der Waals surface area (Å²) in [6.45, 7) is 2.17. The number of nitrogens with zero attached hydrogens (tertiary/aromatic N) is 4. The van der Waals surface area contributed by atoms with Gasteiger partial charge in [-0.25, -0.2) is 26.9 Å². The Morgan fingerprint density at radius 1 is 1.48 bits per heavy atom. The molecule has 13 heteroatoms. The van der Waals surface area contributed by atoms with Crippen molar-refractivity contribution in [2.75, 3.05) is 13.2 Å². The minimum atomic E-state index is -3.97. The Morgan fingerprint density at radius 3 is 2.81 bits per heavy atom. The lowest BCUT2D eigenvalue weighted by Crippen LogP contribution is -2.59. The number of sulfonamides is 1. The molecule has 0 aromatic carbocycles. The fourth-order valence-corrected chi connectivity index (χ4v) is 4.94. The van der Waals surface area contributed by atoms with Crippen LogP contribution in [0.1, 0.15) is 19.7 Å². The maximum Gasteiger partial charge on any atom is 0.291 e. The van der Waals surface area contributed by atoms with Gasteiger partial charge in [-0.1, -0.05) is 22.9 Å². The number of hydrogen-bond donors (Lipinski definition) is 1. The van der Waals surface area contributed by atoms with Crippen molar-refractivity contribution < 1.29 is 23.3 Å². The molecule has 0 spiro atoms. The normalized spacial score (nSPS) is 17.3. The van der Waals surface area contributed by atoms with E-state index in [0.29, 0.717) is 11.3 Å². The molecule has 3 aromatic heterocycles. The zero-order valence-electron chi connectivity index (χ0n) is 14.6. The molecule has 144 valence electrons. The van der Waals surface area contributed by atoms with Crippen molar-refractivity contribution >= 4 is 38.5 Å². The number of fused-ring (bicyclic) bond motifs is 1. The molecule has 0 atom stereocenters. The number of ether oxygens (including phenoxy) is 1. The van der Waals surface area contributed by atoms with Crippen LogP contribution in [0.25, 0.3) is 16.3 Å². The minimum absolute atomic E-state index is 0.00143. The van der Waals surface area contributed by atoms with E-state index in [2.05, 4.69) is 19.9 Å². The van der Waals surface area contributed by atoms with Crippen molar-refractivity contribution in [2.24, 2.45) is 0 Å². The molecular formula is C14H12ClF2N5O3S2. The summed E-state index contributed by atoms with van der Waals surface area (Å²) in [4.78, 5) is 3.82. The van der Waals surface area contributed by atoms with Gasteiger partial charge in [-0.05, 0) is 13.0 Å². The Labute approximate surface area is 162 Å². The topological polar surface area (TPSA) is 98.5 Å². The van der Waals surface area contributed by atoms with E-state index in [1.165, 1.54) is 16.7 Å². The van der Waals surface area contributed by atoms with E-state index in [1.54, 1.807) is 6.92 Å². The van der Waals surface area contributed by atoms with Crippen LogP contribution in [0, 0.1) is 0 Å². The van der Waals surface area contributed by atoms with Gasteiger partial charge in [0.25, 0.3) is 6.43 Å². The molecule has 0 bridgehead atoms. The molecule has 1 aliphatic heterocycles. The molecule has 1 N–H and O–H groups in total. The molecule has 0 aliphatic carbocycles. The third kappa shape index (κ3) is 3.31. The Hall–Kier alpha value is -1.73. The van der Waals surface area contributed by atoms with E-state index in [9.17, 15) is 17.2 Å². The number of rotatable bonds is 5. The number of pyridine rings is 1. The van der Waals surface area contributed by atoms with Gasteiger partial charge in [0, 0.05) is 6.20 Å². The van der Waals surface area contributed by atoms with Gasteiger partial charge in [0.05, 0.1) is 36.8 Å². The lowest BCUT2D eigenvalue weighted by molar-refractivity contribution is -0.0523. The summed E-state index contributed by atoms with van der Waals surface area (Å²) >= 11 is 6.80. The highest BCUT2D eigenvalue weighted by Gasteiger charge is 2.38. The third-order valence-corrected chi connectivity index (χ3v) is 6.66. The highest BCUT2D eigenvalue weighted by atomic mass is 35.5. The quantitative estimate of drug-likeness (QED) is 0.659. The lowest BCUT2D eigenvalue weighted by atomic mass is 10.0. The highest BCUT2D eigenvalue weighted by Crippen LogP contribution is 2.31. The SMILES string of the molecule is [2H]c1nc(-c2nnc(C(F)F)s2)n2cc(S(=O)(=O)NC3(C)COC3)cc(Cl)c12. The predicted molar refractivity (Wildman–Crippen MR) is 93.6 cm³/mol. The van der Waals surface area contributed by atoms with Crippen molar-refractivity contribution in [3.63, 3.8) is 0 Å². The van der Waals surface area contributed by atoms with E-state index in [4.69, 9.17) is 17.7 Å². The van der Waals surface area contributed by atoms with Crippen LogP contribution >= 0.6 is 22.9 Å². The first-order valence-electron chi connectivity index (χ1n) is 8.01. The number of aromatic nitrogens is 4. The molecule has 8 nitrogen and oxygen atoms in total. The van der Waals surface area contributed by atoms with Gasteiger partial charge in [-0.2, -0.15) is 0 Å². The number of alkyl halides is 2. The molecule has 0 unspecified atom stereocenters. The second-order valence-electron chi connectivity index (χ2n) is 6.19. The lowest BCUT2D eigenvalue weighted by Gasteiger charge is -2.38. The second-order valence-corrected chi connectivity index (χ2v) is 9.29. The first-order chi connectivity index (χ1) is 13.1. The van der Waals surface area contributed by atoms with Crippen molar-refractivity contribution in [1.82, 2.24) is 24.3 Å². The molecule has 0 saturated carbocycles. The summed E-state index contributed by atoms with van der Waals surface area (Å²) in [5.74, 6) is 0.00143. The fraction of sp³-hybridized carbons (Fsp3) is 0.357. The number of halogens is 3. The van der Waals surface area contributed by atoms with Gasteiger partial charge in [-0.3, -0.25) is 4.40 Å². The van der Waals surface area contributed by atoms with Crippen LogP contribution in [0.2, 0.25) is 5.02 Å². The van der Waals surface area contributed by atoms with Gasteiger partial charge in [-0.15, -0.1) is 10.2 Å². The van der Waals surface area contributed by atoms with Crippen LogP contribution in [0.4, 0.5) is 8.78 Å². The smallest absolute Gasteiger partial charge is 0.291 e. The number of nitrogens with one attached hydrogen (secondary N) is 1. The summed E-state index contributed by atoms with van der Waals surface area (Å²) in [6, 6.07) is 1.20. The molecule has 1 fully saturated rings. The zero-order valence-corrected chi connectivity index (χ0v) is 16.0. The van der Waals surface area contributed by atoms with Gasteiger partial charge in [0.15, 0.2) is 15.8 Å². The highest BCUT2D eigenvalue weighted by molar-refractivity contribution is 7.89. The Balaban J connectivity index is 1.84. The van der Waals surface area contributed by atoms with Gasteiger partial charge < -0.3 is 4.74 Å². The van der Waals surface area contributed by atoms with Gasteiger partial charge in [0.1, 0.15) is 4.90 Å². The van der Waals surface area contributed by atoms with Gasteiger partial charge >= 0.3 is 0 Å². The Bertz CT molecular complexity index is 1180. The predicted octanol–water partition coefficient (Wildman–Crippen LogP) is 2.51. The van der Waals surface area contributed by atoms with Crippen LogP contribution in [0.3, 0.4) is 0 Å². The van der Waals surface area contributed by atoms with E-state index in [-0.39, 0.29) is 45.7 Å².